The minimum Gasteiger partial charge on any atom is -0.504 e. The van der Waals surface area contributed by atoms with Gasteiger partial charge in [0.1, 0.15) is 0 Å². The number of rotatable bonds is 12. The van der Waals surface area contributed by atoms with Gasteiger partial charge in [0.05, 0.1) is 42.7 Å². The molecule has 0 spiro atoms. The van der Waals surface area contributed by atoms with Gasteiger partial charge >= 0.3 is 0 Å². The van der Waals surface area contributed by atoms with Crippen LogP contribution in [0.3, 0.4) is 0 Å². The molecule has 3 aromatic rings. The van der Waals surface area contributed by atoms with E-state index in [1.807, 2.05) is 0 Å². The number of carbonyl (C=O) groups is 1. The van der Waals surface area contributed by atoms with Crippen LogP contribution in [-0.4, -0.2) is 58.7 Å². The van der Waals surface area contributed by atoms with Crippen molar-refractivity contribution in [2.75, 3.05) is 48.0 Å². The molecule has 10 nitrogen and oxygen atoms in total. The summed E-state index contributed by atoms with van der Waals surface area (Å²) < 4.78 is 31.9. The predicted octanol–water partition coefficient (Wildman–Crippen LogP) is 5.13. The Balaban J connectivity index is 1.93. The maximum Gasteiger partial charge on any atom is 0.203 e. The van der Waals surface area contributed by atoms with Gasteiger partial charge in [-0.1, -0.05) is 12.2 Å². The number of hydrogen-bond acceptors (Lipinski definition) is 10. The van der Waals surface area contributed by atoms with Gasteiger partial charge in [0.2, 0.25) is 11.5 Å². The minimum absolute atomic E-state index is 0.133. The molecular formula is C29H31NO9. The SMILES string of the molecule is COc1cc(/C=C\c2cc(O)c(O)c(OC)c2)c(N/C=C\C(=O)c2cc(OC)c(OC)c(OC)c2)cc1OC. The number of methoxy groups -OCH3 is 6. The number of nitrogens with one attached hydrogen (secondary N) is 1. The van der Waals surface area contributed by atoms with Crippen molar-refractivity contribution in [2.24, 2.45) is 0 Å². The van der Waals surface area contributed by atoms with E-state index in [-0.39, 0.29) is 23.0 Å². The Morgan fingerprint density at radius 3 is 1.85 bits per heavy atom. The fourth-order valence-corrected chi connectivity index (χ4v) is 3.74. The quantitative estimate of drug-likeness (QED) is 0.124. The van der Waals surface area contributed by atoms with Gasteiger partial charge in [0, 0.05) is 35.2 Å². The lowest BCUT2D eigenvalue weighted by molar-refractivity contribution is 0.104. The average Bonchev–Trinajstić information content (AvgIpc) is 2.96. The number of benzene rings is 3. The number of phenols is 2. The van der Waals surface area contributed by atoms with Crippen LogP contribution in [0, 0.1) is 0 Å². The van der Waals surface area contributed by atoms with Gasteiger partial charge in [0.15, 0.2) is 40.3 Å². The zero-order valence-electron chi connectivity index (χ0n) is 22.5. The maximum absolute atomic E-state index is 12.9. The number of aromatic hydroxyl groups is 2. The third kappa shape index (κ3) is 6.48. The highest BCUT2D eigenvalue weighted by Crippen LogP contribution is 2.39. The molecule has 0 radical (unpaired) electrons. The number of allylic oxidation sites excluding steroid dienone is 1. The molecule has 0 aromatic heterocycles. The Kier molecular flexibility index (Phi) is 9.53. The third-order valence-electron chi connectivity index (χ3n) is 5.73. The van der Waals surface area contributed by atoms with Gasteiger partial charge < -0.3 is 44.0 Å². The van der Waals surface area contributed by atoms with Crippen LogP contribution >= 0.6 is 0 Å². The zero-order chi connectivity index (χ0) is 28.5. The molecule has 0 saturated heterocycles. The van der Waals surface area contributed by atoms with Gasteiger partial charge in [-0.3, -0.25) is 4.79 Å². The molecular weight excluding hydrogens is 506 g/mol. The van der Waals surface area contributed by atoms with Crippen molar-refractivity contribution in [3.05, 3.63) is 65.4 Å². The van der Waals surface area contributed by atoms with Crippen LogP contribution in [0.25, 0.3) is 12.2 Å². The molecule has 206 valence electrons. The van der Waals surface area contributed by atoms with E-state index in [0.29, 0.717) is 51.1 Å². The van der Waals surface area contributed by atoms with Crippen molar-refractivity contribution in [2.45, 2.75) is 0 Å². The second-order valence-corrected chi connectivity index (χ2v) is 7.97. The summed E-state index contributed by atoms with van der Waals surface area (Å²) in [6, 6.07) is 9.60. The summed E-state index contributed by atoms with van der Waals surface area (Å²) in [6.07, 6.45) is 6.36. The molecule has 0 bridgehead atoms. The smallest absolute Gasteiger partial charge is 0.203 e. The van der Waals surface area contributed by atoms with Crippen molar-refractivity contribution < 1.29 is 43.4 Å². The molecule has 0 amide bonds. The van der Waals surface area contributed by atoms with Gasteiger partial charge in [-0.15, -0.1) is 0 Å². The number of ketones is 1. The summed E-state index contributed by atoms with van der Waals surface area (Å²) in [7, 11) is 8.88. The van der Waals surface area contributed by atoms with Gasteiger partial charge in [0.25, 0.3) is 0 Å². The van der Waals surface area contributed by atoms with Crippen LogP contribution in [-0.2, 0) is 0 Å². The molecule has 3 rings (SSSR count). The van der Waals surface area contributed by atoms with E-state index in [2.05, 4.69) is 5.32 Å². The van der Waals surface area contributed by atoms with Crippen LogP contribution in [0.4, 0.5) is 5.69 Å². The molecule has 0 saturated carbocycles. The molecule has 0 aliphatic heterocycles. The first-order valence-corrected chi connectivity index (χ1v) is 11.6. The molecule has 3 N–H and O–H groups in total. The highest BCUT2D eigenvalue weighted by Gasteiger charge is 2.16. The fourth-order valence-electron chi connectivity index (χ4n) is 3.74. The van der Waals surface area contributed by atoms with Crippen molar-refractivity contribution in [1.29, 1.82) is 0 Å². The van der Waals surface area contributed by atoms with Gasteiger partial charge in [-0.25, -0.2) is 0 Å². The molecule has 10 heteroatoms. The summed E-state index contributed by atoms with van der Waals surface area (Å²) >= 11 is 0. The standard InChI is InChI=1S/C29H31NO9/c1-34-23-13-18(8-7-17-11-22(32)28(33)25(12-17)36-3)20(16-24(23)35-2)30-10-9-21(31)19-14-26(37-4)29(39-6)27(15-19)38-5/h7-16,30,32-33H,1-6H3/b8-7-,10-9-. The second kappa shape index (κ2) is 13.0. The summed E-state index contributed by atoms with van der Waals surface area (Å²) in [5.41, 5.74) is 2.21. The molecule has 0 fully saturated rings. The number of carbonyl (C=O) groups excluding carboxylic acids is 1. The Morgan fingerprint density at radius 1 is 0.692 bits per heavy atom. The topological polar surface area (TPSA) is 125 Å². The molecule has 39 heavy (non-hydrogen) atoms. The van der Waals surface area contributed by atoms with E-state index in [1.165, 1.54) is 61.0 Å². The molecule has 0 unspecified atom stereocenters. The third-order valence-corrected chi connectivity index (χ3v) is 5.73. The number of hydrogen-bond donors (Lipinski definition) is 3. The van der Waals surface area contributed by atoms with Crippen molar-refractivity contribution in [1.82, 2.24) is 0 Å². The summed E-state index contributed by atoms with van der Waals surface area (Å²) in [6.45, 7) is 0. The normalized spacial score (nSPS) is 10.9. The Hall–Kier alpha value is -4.99. The lowest BCUT2D eigenvalue weighted by Gasteiger charge is -2.14. The van der Waals surface area contributed by atoms with E-state index in [9.17, 15) is 15.0 Å². The first-order chi connectivity index (χ1) is 18.8. The first-order valence-electron chi connectivity index (χ1n) is 11.6. The summed E-state index contributed by atoms with van der Waals surface area (Å²) in [5.74, 6) is 1.27. The predicted molar refractivity (Wildman–Crippen MR) is 148 cm³/mol. The number of phenolic OH excluding ortho intramolecular Hbond substituents is 2. The van der Waals surface area contributed by atoms with E-state index in [0.717, 1.165) is 0 Å². The van der Waals surface area contributed by atoms with E-state index >= 15 is 0 Å². The molecule has 0 aliphatic carbocycles. The Labute approximate surface area is 226 Å². The molecule has 0 atom stereocenters. The Morgan fingerprint density at radius 2 is 1.28 bits per heavy atom. The minimum atomic E-state index is -0.343. The van der Waals surface area contributed by atoms with E-state index in [4.69, 9.17) is 28.4 Å². The molecule has 0 heterocycles. The highest BCUT2D eigenvalue weighted by atomic mass is 16.5. The lowest BCUT2D eigenvalue weighted by atomic mass is 10.1. The fraction of sp³-hybridized carbons (Fsp3) is 0.207. The number of ether oxygens (including phenoxy) is 6. The van der Waals surface area contributed by atoms with Crippen LogP contribution in [0.2, 0.25) is 0 Å². The van der Waals surface area contributed by atoms with Crippen LogP contribution in [0.5, 0.6) is 46.0 Å². The molecule has 3 aromatic carbocycles. The largest absolute Gasteiger partial charge is 0.504 e. The number of anilines is 1. The summed E-state index contributed by atoms with van der Waals surface area (Å²) in [5, 5.41) is 23.0. The van der Waals surface area contributed by atoms with E-state index in [1.54, 1.807) is 42.5 Å². The maximum atomic E-state index is 12.9. The monoisotopic (exact) mass is 537 g/mol. The van der Waals surface area contributed by atoms with Crippen LogP contribution < -0.4 is 33.7 Å². The molecule has 0 aliphatic rings. The van der Waals surface area contributed by atoms with Gasteiger partial charge in [-0.05, 0) is 35.9 Å². The van der Waals surface area contributed by atoms with Crippen LogP contribution in [0.1, 0.15) is 21.5 Å². The second-order valence-electron chi connectivity index (χ2n) is 7.97. The Bertz CT molecular complexity index is 1370. The average molecular weight is 538 g/mol. The van der Waals surface area contributed by atoms with Crippen molar-refractivity contribution in [3.63, 3.8) is 0 Å². The van der Waals surface area contributed by atoms with E-state index < -0.39 is 0 Å². The van der Waals surface area contributed by atoms with Gasteiger partial charge in [-0.2, -0.15) is 0 Å². The highest BCUT2D eigenvalue weighted by molar-refractivity contribution is 6.05. The van der Waals surface area contributed by atoms with Crippen molar-refractivity contribution in [3.8, 4) is 46.0 Å². The summed E-state index contributed by atoms with van der Waals surface area (Å²) in [4.78, 5) is 12.9. The van der Waals surface area contributed by atoms with Crippen molar-refractivity contribution >= 4 is 23.6 Å². The van der Waals surface area contributed by atoms with Crippen LogP contribution in [0.15, 0.2) is 48.7 Å². The first kappa shape index (κ1) is 28.6. The zero-order valence-corrected chi connectivity index (χ0v) is 22.5. The lowest BCUT2D eigenvalue weighted by Crippen LogP contribution is -2.01.